The summed E-state index contributed by atoms with van der Waals surface area (Å²) in [7, 11) is 0. The minimum atomic E-state index is -0.199. The maximum Gasteiger partial charge on any atom is 0.284 e. The third kappa shape index (κ3) is 4.24. The summed E-state index contributed by atoms with van der Waals surface area (Å²) >= 11 is 1.16. The molecule has 2 heterocycles. The van der Waals surface area contributed by atoms with E-state index in [4.69, 9.17) is 8.83 Å². The normalized spacial score (nSPS) is 10.6. The predicted octanol–water partition coefficient (Wildman–Crippen LogP) is 4.29. The van der Waals surface area contributed by atoms with Crippen molar-refractivity contribution in [2.45, 2.75) is 5.22 Å². The molecule has 1 amide bonds. The zero-order chi connectivity index (χ0) is 19.2. The van der Waals surface area contributed by atoms with Crippen molar-refractivity contribution in [1.82, 2.24) is 15.6 Å². The summed E-state index contributed by atoms with van der Waals surface area (Å²) in [6, 6.07) is 22.7. The van der Waals surface area contributed by atoms with Gasteiger partial charge in [-0.2, -0.15) is 0 Å². The quantitative estimate of drug-likeness (QED) is 0.371. The first-order valence-corrected chi connectivity index (χ1v) is 9.48. The van der Waals surface area contributed by atoms with Gasteiger partial charge in [0.1, 0.15) is 0 Å². The third-order valence-corrected chi connectivity index (χ3v) is 4.55. The van der Waals surface area contributed by atoms with Gasteiger partial charge in [0.05, 0.1) is 23.4 Å². The number of hydrazine groups is 1. The first kappa shape index (κ1) is 17.9. The maximum atomic E-state index is 12.5. The molecule has 2 aromatic carbocycles. The number of para-hydroxylation sites is 2. The van der Waals surface area contributed by atoms with Crippen molar-refractivity contribution in [2.24, 2.45) is 0 Å². The molecule has 140 valence electrons. The van der Waals surface area contributed by atoms with Crippen molar-refractivity contribution >= 4 is 29.0 Å². The number of furan rings is 1. The highest BCUT2D eigenvalue weighted by Gasteiger charge is 2.15. The van der Waals surface area contributed by atoms with Crippen molar-refractivity contribution in [3.8, 4) is 11.7 Å². The van der Waals surface area contributed by atoms with Crippen LogP contribution in [0, 0.1) is 0 Å². The lowest BCUT2D eigenvalue weighted by Gasteiger charge is -2.25. The lowest BCUT2D eigenvalue weighted by atomic mass is 10.2. The zero-order valence-corrected chi connectivity index (χ0v) is 15.5. The molecule has 8 heteroatoms. The van der Waals surface area contributed by atoms with Gasteiger partial charge in [-0.15, -0.1) is 10.2 Å². The third-order valence-electron chi connectivity index (χ3n) is 3.73. The van der Waals surface area contributed by atoms with Crippen LogP contribution in [0.5, 0.6) is 0 Å². The fraction of sp³-hybridized carbons (Fsp3) is 0.0500. The first-order valence-electron chi connectivity index (χ1n) is 8.49. The molecule has 0 aliphatic heterocycles. The Hall–Kier alpha value is -3.52. The Morgan fingerprint density at radius 3 is 2.21 bits per heavy atom. The van der Waals surface area contributed by atoms with Crippen LogP contribution in [0.2, 0.25) is 0 Å². The minimum Gasteiger partial charge on any atom is -0.459 e. The summed E-state index contributed by atoms with van der Waals surface area (Å²) in [4.78, 5) is 12.5. The molecule has 2 aromatic heterocycles. The fourth-order valence-corrected chi connectivity index (χ4v) is 3.04. The summed E-state index contributed by atoms with van der Waals surface area (Å²) < 4.78 is 10.7. The number of aromatic nitrogens is 2. The number of carbonyl (C=O) groups is 1. The smallest absolute Gasteiger partial charge is 0.284 e. The molecular weight excluding hydrogens is 376 g/mol. The number of amides is 1. The molecule has 0 atom stereocenters. The van der Waals surface area contributed by atoms with E-state index in [1.54, 1.807) is 17.1 Å². The molecule has 0 aliphatic rings. The monoisotopic (exact) mass is 392 g/mol. The van der Waals surface area contributed by atoms with E-state index in [0.717, 1.165) is 23.1 Å². The standard InChI is InChI=1S/C20H16N4O3S/c25-18(14-28-20-22-21-19(27-20)17-12-7-13-26-17)23-24(15-8-3-1-4-9-15)16-10-5-2-6-11-16/h1-13H,14H2,(H,23,25). The van der Waals surface area contributed by atoms with Gasteiger partial charge in [-0.25, -0.2) is 0 Å². The Balaban J connectivity index is 1.42. The van der Waals surface area contributed by atoms with Crippen LogP contribution in [0.3, 0.4) is 0 Å². The zero-order valence-electron chi connectivity index (χ0n) is 14.7. The number of hydrogen-bond donors (Lipinski definition) is 1. The van der Waals surface area contributed by atoms with Crippen LogP contribution in [0.4, 0.5) is 11.4 Å². The molecule has 7 nitrogen and oxygen atoms in total. The van der Waals surface area contributed by atoms with Crippen molar-refractivity contribution in [2.75, 3.05) is 10.8 Å². The van der Waals surface area contributed by atoms with Crippen LogP contribution in [0.1, 0.15) is 0 Å². The predicted molar refractivity (Wildman–Crippen MR) is 106 cm³/mol. The molecule has 0 bridgehead atoms. The van der Waals surface area contributed by atoms with Crippen LogP contribution < -0.4 is 10.4 Å². The van der Waals surface area contributed by atoms with Crippen LogP contribution in [0.15, 0.2) is 93.1 Å². The van der Waals surface area contributed by atoms with Gasteiger partial charge in [0.2, 0.25) is 5.91 Å². The van der Waals surface area contributed by atoms with Crippen molar-refractivity contribution in [3.63, 3.8) is 0 Å². The number of thioether (sulfide) groups is 1. The van der Waals surface area contributed by atoms with E-state index in [-0.39, 0.29) is 17.6 Å². The molecule has 4 rings (SSSR count). The largest absolute Gasteiger partial charge is 0.459 e. The molecule has 4 aromatic rings. The number of nitrogens with one attached hydrogen (secondary N) is 1. The summed E-state index contributed by atoms with van der Waals surface area (Å²) in [5, 5.41) is 9.89. The van der Waals surface area contributed by atoms with Gasteiger partial charge in [0.25, 0.3) is 11.1 Å². The number of anilines is 2. The molecule has 0 aliphatic carbocycles. The van der Waals surface area contributed by atoms with E-state index in [1.807, 2.05) is 60.7 Å². The van der Waals surface area contributed by atoms with Crippen molar-refractivity contribution in [1.29, 1.82) is 0 Å². The molecule has 0 radical (unpaired) electrons. The topological polar surface area (TPSA) is 84.4 Å². The summed E-state index contributed by atoms with van der Waals surface area (Å²) in [6.07, 6.45) is 1.53. The summed E-state index contributed by atoms with van der Waals surface area (Å²) in [5.74, 6) is 0.692. The second kappa shape index (κ2) is 8.45. The summed E-state index contributed by atoms with van der Waals surface area (Å²) in [6.45, 7) is 0. The highest BCUT2D eigenvalue weighted by atomic mass is 32.2. The second-order valence-corrected chi connectivity index (χ2v) is 6.61. The van der Waals surface area contributed by atoms with E-state index >= 15 is 0 Å². The molecule has 0 fully saturated rings. The van der Waals surface area contributed by atoms with Gasteiger partial charge in [-0.3, -0.25) is 15.2 Å². The lowest BCUT2D eigenvalue weighted by molar-refractivity contribution is -0.118. The number of rotatable bonds is 7. The minimum absolute atomic E-state index is 0.121. The lowest BCUT2D eigenvalue weighted by Crippen LogP contribution is -2.39. The molecule has 0 spiro atoms. The second-order valence-electron chi connectivity index (χ2n) is 5.68. The Bertz CT molecular complexity index is 981. The van der Waals surface area contributed by atoms with Gasteiger partial charge in [0, 0.05) is 0 Å². The Morgan fingerprint density at radius 1 is 0.929 bits per heavy atom. The van der Waals surface area contributed by atoms with Crippen LogP contribution in [-0.4, -0.2) is 21.9 Å². The van der Waals surface area contributed by atoms with E-state index in [9.17, 15) is 4.79 Å². The maximum absolute atomic E-state index is 12.5. The van der Waals surface area contributed by atoms with Crippen molar-refractivity contribution < 1.29 is 13.6 Å². The summed E-state index contributed by atoms with van der Waals surface area (Å²) in [5.41, 5.74) is 4.62. The van der Waals surface area contributed by atoms with E-state index < -0.39 is 0 Å². The Kier molecular flexibility index (Phi) is 5.39. The van der Waals surface area contributed by atoms with E-state index in [0.29, 0.717) is 11.0 Å². The van der Waals surface area contributed by atoms with Crippen molar-refractivity contribution in [3.05, 3.63) is 79.1 Å². The Labute approximate surface area is 165 Å². The number of benzene rings is 2. The first-order chi connectivity index (χ1) is 13.8. The molecular formula is C20H16N4O3S. The fourth-order valence-electron chi connectivity index (χ4n) is 2.48. The van der Waals surface area contributed by atoms with Gasteiger partial charge < -0.3 is 8.83 Å². The van der Waals surface area contributed by atoms with E-state index in [1.165, 1.54) is 6.26 Å². The number of hydrogen-bond acceptors (Lipinski definition) is 7. The Morgan fingerprint density at radius 2 is 1.61 bits per heavy atom. The average Bonchev–Trinajstić information content (AvgIpc) is 3.43. The van der Waals surface area contributed by atoms with Crippen LogP contribution >= 0.6 is 11.8 Å². The van der Waals surface area contributed by atoms with Gasteiger partial charge in [-0.1, -0.05) is 48.2 Å². The molecule has 28 heavy (non-hydrogen) atoms. The van der Waals surface area contributed by atoms with Gasteiger partial charge in [-0.05, 0) is 36.4 Å². The van der Waals surface area contributed by atoms with Crippen LogP contribution in [0.25, 0.3) is 11.7 Å². The van der Waals surface area contributed by atoms with Gasteiger partial charge in [0.15, 0.2) is 5.76 Å². The highest BCUT2D eigenvalue weighted by Crippen LogP contribution is 2.25. The molecule has 0 unspecified atom stereocenters. The highest BCUT2D eigenvalue weighted by molar-refractivity contribution is 7.99. The SMILES string of the molecule is O=C(CSc1nnc(-c2ccco2)o1)NN(c1ccccc1)c1ccccc1. The van der Waals surface area contributed by atoms with E-state index in [2.05, 4.69) is 15.6 Å². The number of carbonyl (C=O) groups excluding carboxylic acids is 1. The average molecular weight is 392 g/mol. The molecule has 0 saturated heterocycles. The number of nitrogens with zero attached hydrogens (tertiary/aromatic N) is 3. The van der Waals surface area contributed by atoms with Crippen LogP contribution in [-0.2, 0) is 4.79 Å². The molecule has 1 N–H and O–H groups in total. The van der Waals surface area contributed by atoms with Gasteiger partial charge >= 0.3 is 0 Å². The molecule has 0 saturated carbocycles.